The average Bonchev–Trinajstić information content (AvgIpc) is 4.01. The first-order valence-electron chi connectivity index (χ1n) is 16.6. The summed E-state index contributed by atoms with van der Waals surface area (Å²) < 4.78 is 37.8. The predicted octanol–water partition coefficient (Wildman–Crippen LogP) is -0.0384. The van der Waals surface area contributed by atoms with Gasteiger partial charge in [-0.2, -0.15) is 0 Å². The van der Waals surface area contributed by atoms with Gasteiger partial charge in [0.25, 0.3) is 5.91 Å². The number of hydrogen-bond acceptors (Lipinski definition) is 12. The number of alkyl carbamates (subject to hydrolysis) is 1. The first-order valence-corrected chi connectivity index (χ1v) is 18.1. The summed E-state index contributed by atoms with van der Waals surface area (Å²) in [5.41, 5.74) is 4.16. The van der Waals surface area contributed by atoms with Crippen LogP contribution in [0.3, 0.4) is 0 Å². The van der Waals surface area contributed by atoms with Gasteiger partial charge >= 0.3 is 6.09 Å². The van der Waals surface area contributed by atoms with Gasteiger partial charge in [0, 0.05) is 31.0 Å². The molecule has 1 heterocycles. The molecule has 3 aliphatic rings. The second kappa shape index (κ2) is 16.7. The molecule has 2 saturated carbocycles. The molecule has 0 bridgehead atoms. The summed E-state index contributed by atoms with van der Waals surface area (Å²) in [5.74, 6) is 3.21. The molecule has 0 radical (unpaired) electrons. The van der Waals surface area contributed by atoms with Gasteiger partial charge in [-0.1, -0.05) is 20.1 Å². The fourth-order valence-corrected chi connectivity index (χ4v) is 7.03. The Morgan fingerprint density at radius 2 is 1.79 bits per heavy atom. The molecule has 3 fully saturated rings. The molecule has 1 saturated heterocycles. The number of sulfonamides is 1. The highest BCUT2D eigenvalue weighted by atomic mass is 32.2. The van der Waals surface area contributed by atoms with Crippen LogP contribution >= 0.6 is 0 Å². The normalized spacial score (nSPS) is 22.9. The summed E-state index contributed by atoms with van der Waals surface area (Å²) in [6.07, 6.45) is 2.23. The number of benzene rings is 1. The maximum absolute atomic E-state index is 14.2. The number of methoxy groups -OCH3 is 1. The minimum atomic E-state index is -3.95. The Labute approximate surface area is 309 Å². The summed E-state index contributed by atoms with van der Waals surface area (Å²) >= 11 is 0. The highest BCUT2D eigenvalue weighted by molar-refractivity contribution is 7.91. The lowest BCUT2D eigenvalue weighted by molar-refractivity contribution is -0.141. The van der Waals surface area contributed by atoms with E-state index in [1.807, 2.05) is 0 Å². The van der Waals surface area contributed by atoms with Crippen molar-refractivity contribution < 1.29 is 41.9 Å². The summed E-state index contributed by atoms with van der Waals surface area (Å²) in [7, 11) is -2.44. The lowest BCUT2D eigenvalue weighted by atomic mass is 10.1. The lowest BCUT2D eigenvalue weighted by Gasteiger charge is -2.30. The third-order valence-electron chi connectivity index (χ3n) is 8.75. The Balaban J connectivity index is 0.00000756. The van der Waals surface area contributed by atoms with E-state index in [1.54, 1.807) is 45.0 Å². The van der Waals surface area contributed by atoms with E-state index in [4.69, 9.17) is 21.1 Å². The molecule has 1 aromatic rings. The zero-order valence-corrected chi connectivity index (χ0v) is 30.4. The van der Waals surface area contributed by atoms with E-state index < -0.39 is 86.7 Å². The average molecular weight is 762 g/mol. The van der Waals surface area contributed by atoms with E-state index in [2.05, 4.69) is 38.9 Å². The molecule has 0 spiro atoms. The van der Waals surface area contributed by atoms with Crippen molar-refractivity contribution in [1.29, 1.82) is 0 Å². The van der Waals surface area contributed by atoms with Crippen molar-refractivity contribution in [3.63, 3.8) is 0 Å². The quantitative estimate of drug-likeness (QED) is 0.0344. The molecule has 53 heavy (non-hydrogen) atoms. The van der Waals surface area contributed by atoms with Crippen LogP contribution in [-0.4, -0.2) is 109 Å². The molecule has 2 aliphatic carbocycles. The van der Waals surface area contributed by atoms with E-state index in [0.29, 0.717) is 24.2 Å². The first kappa shape index (κ1) is 42.2. The SMILES string of the molecule is C.C=CC(=O)NC[C@H](NC(=O)OC(C)(C)C)C(=O)N1C[C@H](N(N)/N=C(\N)c2ccc(OC)cc2)C[C@H]1C(=O)N[C@]1(C(=O)NS(=O)(=O)C2CC2)C[C@H]1C=C. The topological polar surface area (TPSA) is 257 Å². The van der Waals surface area contributed by atoms with Crippen molar-refractivity contribution in [2.24, 2.45) is 22.6 Å². The van der Waals surface area contributed by atoms with Crippen molar-refractivity contribution in [2.45, 2.75) is 88.4 Å². The Bertz CT molecular complexity index is 1720. The van der Waals surface area contributed by atoms with Crippen molar-refractivity contribution in [1.82, 2.24) is 30.7 Å². The molecular formula is C34H51N9O9S. The third kappa shape index (κ3) is 10.5. The van der Waals surface area contributed by atoms with E-state index in [-0.39, 0.29) is 32.6 Å². The van der Waals surface area contributed by atoms with Crippen molar-refractivity contribution >= 4 is 45.6 Å². The van der Waals surface area contributed by atoms with E-state index >= 15 is 0 Å². The van der Waals surface area contributed by atoms with Crippen LogP contribution in [0.4, 0.5) is 4.79 Å². The highest BCUT2D eigenvalue weighted by Crippen LogP contribution is 2.45. The molecule has 0 unspecified atom stereocenters. The van der Waals surface area contributed by atoms with Gasteiger partial charge in [-0.3, -0.25) is 23.9 Å². The number of ether oxygens (including phenoxy) is 2. The van der Waals surface area contributed by atoms with Crippen LogP contribution < -0.4 is 37.0 Å². The number of amides is 5. The number of rotatable bonds is 15. The van der Waals surface area contributed by atoms with Crippen LogP contribution in [0.25, 0.3) is 0 Å². The van der Waals surface area contributed by atoms with Crippen LogP contribution in [-0.2, 0) is 33.9 Å². The van der Waals surface area contributed by atoms with Gasteiger partial charge < -0.3 is 36.1 Å². The number of carbonyl (C=O) groups is 5. The van der Waals surface area contributed by atoms with Gasteiger partial charge in [-0.05, 0) is 70.4 Å². The van der Waals surface area contributed by atoms with Gasteiger partial charge in [0.2, 0.25) is 27.7 Å². The zero-order chi connectivity index (χ0) is 38.6. The summed E-state index contributed by atoms with van der Waals surface area (Å²) in [4.78, 5) is 67.7. The van der Waals surface area contributed by atoms with Crippen LogP contribution in [0.1, 0.15) is 59.4 Å². The Morgan fingerprint density at radius 3 is 2.32 bits per heavy atom. The number of hydrogen-bond donors (Lipinski definition) is 6. The Kier molecular flexibility index (Phi) is 13.3. The minimum absolute atomic E-state index is 0. The predicted molar refractivity (Wildman–Crippen MR) is 196 cm³/mol. The fraction of sp³-hybridized carbons (Fsp3) is 0.529. The maximum Gasteiger partial charge on any atom is 0.408 e. The molecule has 19 heteroatoms. The smallest absolute Gasteiger partial charge is 0.408 e. The fourth-order valence-electron chi connectivity index (χ4n) is 5.67. The van der Waals surface area contributed by atoms with Crippen molar-refractivity contribution in [3.05, 3.63) is 55.1 Å². The number of hydrazine groups is 1. The zero-order valence-electron chi connectivity index (χ0n) is 29.6. The van der Waals surface area contributed by atoms with E-state index in [0.717, 1.165) is 16.1 Å². The second-order valence-corrected chi connectivity index (χ2v) is 15.8. The molecule has 8 N–H and O–H groups in total. The molecule has 0 aromatic heterocycles. The van der Waals surface area contributed by atoms with Crippen LogP contribution in [0.2, 0.25) is 0 Å². The van der Waals surface area contributed by atoms with E-state index in [1.165, 1.54) is 13.2 Å². The molecule has 1 aromatic carbocycles. The standard InChI is InChI=1S/C33H47N9O9S.CH4/c1-7-20-16-33(20,30(46)40-52(48,49)23-13-14-23)38-28(44)25-15-21(42(35)39-27(34)19-9-11-22(50-6)12-10-19)18-41(25)29(45)24(17-36-26(43)8-2)37-31(47)51-32(3,4)5;/h7-12,20-21,23-25H,1-2,13-18,35H2,3-6H3,(H2,34,39)(H,36,43)(H,37,47)(H,38,44)(H,40,46);1H4/t20-,21-,24+,25+,33-;/m1./s1. The minimum Gasteiger partial charge on any atom is -0.497 e. The summed E-state index contributed by atoms with van der Waals surface area (Å²) in [6.45, 7) is 11.4. The van der Waals surface area contributed by atoms with Gasteiger partial charge in [0.15, 0.2) is 5.84 Å². The van der Waals surface area contributed by atoms with Crippen LogP contribution in [0.5, 0.6) is 5.75 Å². The molecule has 5 atom stereocenters. The molecular weight excluding hydrogens is 710 g/mol. The number of hydrazone groups is 1. The summed E-state index contributed by atoms with van der Waals surface area (Å²) in [6, 6.07) is 3.11. The number of amidine groups is 1. The molecule has 292 valence electrons. The monoisotopic (exact) mass is 761 g/mol. The third-order valence-corrected chi connectivity index (χ3v) is 10.6. The molecule has 18 nitrogen and oxygen atoms in total. The second-order valence-electron chi connectivity index (χ2n) is 13.8. The molecule has 5 amide bonds. The number of nitrogens with zero attached hydrogens (tertiary/aromatic N) is 3. The van der Waals surface area contributed by atoms with Gasteiger partial charge in [0.05, 0.1) is 18.4 Å². The van der Waals surface area contributed by atoms with Crippen molar-refractivity contribution in [2.75, 3.05) is 20.2 Å². The highest BCUT2D eigenvalue weighted by Gasteiger charge is 2.62. The van der Waals surface area contributed by atoms with E-state index in [9.17, 15) is 32.4 Å². The number of likely N-dealkylation sites (tertiary alicyclic amines) is 1. The van der Waals surface area contributed by atoms with Crippen molar-refractivity contribution in [3.8, 4) is 5.75 Å². The van der Waals surface area contributed by atoms with Gasteiger partial charge in [-0.15, -0.1) is 11.7 Å². The van der Waals surface area contributed by atoms with Crippen LogP contribution in [0.15, 0.2) is 54.7 Å². The summed E-state index contributed by atoms with van der Waals surface area (Å²) in [5, 5.41) is 12.2. The molecule has 4 rings (SSSR count). The van der Waals surface area contributed by atoms with Gasteiger partial charge in [-0.25, -0.2) is 24.2 Å². The lowest BCUT2D eigenvalue weighted by Crippen LogP contribution is -2.59. The number of carbonyl (C=O) groups excluding carboxylic acids is 5. The first-order chi connectivity index (χ1) is 24.3. The number of nitrogens with two attached hydrogens (primary N) is 2. The maximum atomic E-state index is 14.2. The Hall–Kier alpha value is -5.17. The number of nitrogens with one attached hydrogen (secondary N) is 4. The van der Waals surface area contributed by atoms with Crippen LogP contribution in [0, 0.1) is 5.92 Å². The molecule has 1 aliphatic heterocycles. The van der Waals surface area contributed by atoms with Gasteiger partial charge in [0.1, 0.15) is 29.0 Å². The Morgan fingerprint density at radius 1 is 1.15 bits per heavy atom. The largest absolute Gasteiger partial charge is 0.497 e.